The zero-order chi connectivity index (χ0) is 13.2. The molecule has 1 aliphatic rings. The molecule has 1 aliphatic carbocycles. The molecule has 0 saturated heterocycles. The summed E-state index contributed by atoms with van der Waals surface area (Å²) in [5.74, 6) is 0.356. The number of ether oxygens (including phenoxy) is 1. The standard InChI is InChI=1S/C14H19NO3/c1-10-4-5-12(18-2)11(8-10)13(16)15-9-14(17)6-3-7-14/h4-5,8,17H,3,6-7,9H2,1-2H3,(H,15,16). The van der Waals surface area contributed by atoms with Gasteiger partial charge in [-0.05, 0) is 38.3 Å². The predicted octanol–water partition coefficient (Wildman–Crippen LogP) is 1.65. The normalized spacial score (nSPS) is 16.8. The molecule has 1 fully saturated rings. The molecule has 0 atom stereocenters. The first-order valence-corrected chi connectivity index (χ1v) is 6.19. The molecule has 0 heterocycles. The lowest BCUT2D eigenvalue weighted by molar-refractivity contribution is -0.0300. The monoisotopic (exact) mass is 249 g/mol. The maximum atomic E-state index is 12.1. The van der Waals surface area contributed by atoms with Gasteiger partial charge in [0, 0.05) is 6.54 Å². The van der Waals surface area contributed by atoms with Gasteiger partial charge in [-0.15, -0.1) is 0 Å². The summed E-state index contributed by atoms with van der Waals surface area (Å²) in [6, 6.07) is 5.47. The highest BCUT2D eigenvalue weighted by molar-refractivity contribution is 5.97. The Hall–Kier alpha value is -1.55. The molecule has 0 spiro atoms. The second kappa shape index (κ2) is 4.98. The van der Waals surface area contributed by atoms with Gasteiger partial charge in [0.05, 0.1) is 18.3 Å². The summed E-state index contributed by atoms with van der Waals surface area (Å²) in [6.45, 7) is 2.23. The molecule has 0 bridgehead atoms. The van der Waals surface area contributed by atoms with Crippen LogP contribution in [0.4, 0.5) is 0 Å². The first-order valence-electron chi connectivity index (χ1n) is 6.19. The Bertz CT molecular complexity index is 452. The Labute approximate surface area is 107 Å². The van der Waals surface area contributed by atoms with Crippen LogP contribution in [0.25, 0.3) is 0 Å². The van der Waals surface area contributed by atoms with Gasteiger partial charge in [-0.2, -0.15) is 0 Å². The fourth-order valence-electron chi connectivity index (χ4n) is 2.10. The molecular formula is C14H19NO3. The molecule has 18 heavy (non-hydrogen) atoms. The van der Waals surface area contributed by atoms with Crippen molar-refractivity contribution >= 4 is 5.91 Å². The van der Waals surface area contributed by atoms with E-state index in [1.165, 1.54) is 0 Å². The highest BCUT2D eigenvalue weighted by Crippen LogP contribution is 2.30. The summed E-state index contributed by atoms with van der Waals surface area (Å²) in [4.78, 5) is 12.1. The number of benzene rings is 1. The molecule has 0 radical (unpaired) electrons. The Morgan fingerprint density at radius 1 is 1.50 bits per heavy atom. The van der Waals surface area contributed by atoms with Crippen molar-refractivity contribution in [3.63, 3.8) is 0 Å². The lowest BCUT2D eigenvalue weighted by Crippen LogP contribution is -2.47. The highest BCUT2D eigenvalue weighted by Gasteiger charge is 2.34. The average Bonchev–Trinajstić information content (AvgIpc) is 2.33. The van der Waals surface area contributed by atoms with Gasteiger partial charge < -0.3 is 15.2 Å². The largest absolute Gasteiger partial charge is 0.496 e. The third-order valence-corrected chi connectivity index (χ3v) is 3.46. The zero-order valence-electron chi connectivity index (χ0n) is 10.8. The van der Waals surface area contributed by atoms with Crippen LogP contribution in [0.3, 0.4) is 0 Å². The van der Waals surface area contributed by atoms with E-state index in [1.54, 1.807) is 19.2 Å². The van der Waals surface area contributed by atoms with Crippen LogP contribution in [-0.2, 0) is 0 Å². The molecule has 1 aromatic rings. The van der Waals surface area contributed by atoms with Gasteiger partial charge in [-0.3, -0.25) is 4.79 Å². The van der Waals surface area contributed by atoms with Gasteiger partial charge in [0.2, 0.25) is 0 Å². The van der Waals surface area contributed by atoms with E-state index in [1.807, 2.05) is 13.0 Å². The second-order valence-corrected chi connectivity index (χ2v) is 4.96. The smallest absolute Gasteiger partial charge is 0.255 e. The van der Waals surface area contributed by atoms with E-state index >= 15 is 0 Å². The summed E-state index contributed by atoms with van der Waals surface area (Å²) in [5, 5.41) is 12.7. The number of hydrogen-bond donors (Lipinski definition) is 2. The molecule has 4 nitrogen and oxygen atoms in total. The van der Waals surface area contributed by atoms with Crippen molar-refractivity contribution in [1.82, 2.24) is 5.32 Å². The second-order valence-electron chi connectivity index (χ2n) is 4.96. The van der Waals surface area contributed by atoms with Crippen molar-refractivity contribution in [2.45, 2.75) is 31.8 Å². The fourth-order valence-corrected chi connectivity index (χ4v) is 2.10. The zero-order valence-corrected chi connectivity index (χ0v) is 10.8. The van der Waals surface area contributed by atoms with Crippen LogP contribution in [0.1, 0.15) is 35.2 Å². The average molecular weight is 249 g/mol. The summed E-state index contributed by atoms with van der Waals surface area (Å²) in [5.41, 5.74) is 0.816. The van der Waals surface area contributed by atoms with E-state index < -0.39 is 5.60 Å². The molecular weight excluding hydrogens is 230 g/mol. The van der Waals surface area contributed by atoms with Gasteiger partial charge in [-0.25, -0.2) is 0 Å². The van der Waals surface area contributed by atoms with E-state index in [9.17, 15) is 9.90 Å². The van der Waals surface area contributed by atoms with Crippen LogP contribution in [0, 0.1) is 6.92 Å². The predicted molar refractivity (Wildman–Crippen MR) is 68.9 cm³/mol. The van der Waals surface area contributed by atoms with Gasteiger partial charge in [0.25, 0.3) is 5.91 Å². The molecule has 0 unspecified atom stereocenters. The Balaban J connectivity index is 2.05. The van der Waals surface area contributed by atoms with Crippen molar-refractivity contribution < 1.29 is 14.6 Å². The number of methoxy groups -OCH3 is 1. The lowest BCUT2D eigenvalue weighted by atomic mass is 9.80. The SMILES string of the molecule is COc1ccc(C)cc1C(=O)NCC1(O)CCC1. The molecule has 0 aromatic heterocycles. The number of aryl methyl sites for hydroxylation is 1. The van der Waals surface area contributed by atoms with Crippen molar-refractivity contribution in [3.8, 4) is 5.75 Å². The maximum Gasteiger partial charge on any atom is 0.255 e. The van der Waals surface area contributed by atoms with Crippen molar-refractivity contribution in [2.75, 3.05) is 13.7 Å². The van der Waals surface area contributed by atoms with Crippen LogP contribution in [0.15, 0.2) is 18.2 Å². The number of carbonyl (C=O) groups is 1. The minimum absolute atomic E-state index is 0.198. The summed E-state index contributed by atoms with van der Waals surface area (Å²) in [7, 11) is 1.54. The summed E-state index contributed by atoms with van der Waals surface area (Å²) in [6.07, 6.45) is 2.55. The van der Waals surface area contributed by atoms with Crippen molar-refractivity contribution in [1.29, 1.82) is 0 Å². The lowest BCUT2D eigenvalue weighted by Gasteiger charge is -2.36. The van der Waals surface area contributed by atoms with Gasteiger partial charge in [0.1, 0.15) is 5.75 Å². The van der Waals surface area contributed by atoms with E-state index in [0.29, 0.717) is 17.9 Å². The summed E-state index contributed by atoms with van der Waals surface area (Å²) >= 11 is 0. The fraction of sp³-hybridized carbons (Fsp3) is 0.500. The van der Waals surface area contributed by atoms with E-state index in [2.05, 4.69) is 5.32 Å². The van der Waals surface area contributed by atoms with Crippen LogP contribution >= 0.6 is 0 Å². The van der Waals surface area contributed by atoms with E-state index in [4.69, 9.17) is 4.74 Å². The quantitative estimate of drug-likeness (QED) is 0.853. The molecule has 1 amide bonds. The molecule has 2 N–H and O–H groups in total. The van der Waals surface area contributed by atoms with Crippen LogP contribution in [-0.4, -0.2) is 30.3 Å². The molecule has 4 heteroatoms. The number of hydrogen-bond acceptors (Lipinski definition) is 3. The van der Waals surface area contributed by atoms with Crippen LogP contribution in [0.2, 0.25) is 0 Å². The Morgan fingerprint density at radius 3 is 2.78 bits per heavy atom. The third kappa shape index (κ3) is 2.64. The number of aliphatic hydroxyl groups is 1. The van der Waals surface area contributed by atoms with Crippen LogP contribution in [0.5, 0.6) is 5.75 Å². The number of amides is 1. The molecule has 2 rings (SSSR count). The maximum absolute atomic E-state index is 12.1. The third-order valence-electron chi connectivity index (χ3n) is 3.46. The summed E-state index contributed by atoms with van der Waals surface area (Å²) < 4.78 is 5.17. The Morgan fingerprint density at radius 2 is 2.22 bits per heavy atom. The van der Waals surface area contributed by atoms with E-state index in [0.717, 1.165) is 24.8 Å². The van der Waals surface area contributed by atoms with Gasteiger partial charge in [-0.1, -0.05) is 11.6 Å². The van der Waals surface area contributed by atoms with Crippen molar-refractivity contribution in [2.24, 2.45) is 0 Å². The van der Waals surface area contributed by atoms with Crippen LogP contribution < -0.4 is 10.1 Å². The number of nitrogens with one attached hydrogen (secondary N) is 1. The van der Waals surface area contributed by atoms with Gasteiger partial charge >= 0.3 is 0 Å². The first-order chi connectivity index (χ1) is 8.54. The first kappa shape index (κ1) is 12.9. The highest BCUT2D eigenvalue weighted by atomic mass is 16.5. The molecule has 1 aromatic carbocycles. The van der Waals surface area contributed by atoms with E-state index in [-0.39, 0.29) is 5.91 Å². The Kier molecular flexibility index (Phi) is 3.57. The number of carbonyl (C=O) groups excluding carboxylic acids is 1. The van der Waals surface area contributed by atoms with Crippen molar-refractivity contribution in [3.05, 3.63) is 29.3 Å². The van der Waals surface area contributed by atoms with Gasteiger partial charge in [0.15, 0.2) is 0 Å². The number of rotatable bonds is 4. The molecule has 98 valence electrons. The minimum atomic E-state index is -0.702. The topological polar surface area (TPSA) is 58.6 Å². The molecule has 0 aliphatic heterocycles. The molecule has 1 saturated carbocycles. The minimum Gasteiger partial charge on any atom is -0.496 e.